The fourth-order valence-electron chi connectivity index (χ4n) is 1.90. The minimum Gasteiger partial charge on any atom is -0.329 e. The van der Waals surface area contributed by atoms with E-state index < -0.39 is 0 Å². The summed E-state index contributed by atoms with van der Waals surface area (Å²) in [6, 6.07) is 0. The van der Waals surface area contributed by atoms with E-state index in [2.05, 4.69) is 25.7 Å². The molecule has 1 amide bonds. The molecule has 1 heterocycles. The largest absolute Gasteiger partial charge is 0.329 e. The lowest BCUT2D eigenvalue weighted by Gasteiger charge is -2.34. The second kappa shape index (κ2) is 5.35. The zero-order valence-corrected chi connectivity index (χ0v) is 9.62. The van der Waals surface area contributed by atoms with E-state index in [9.17, 15) is 4.79 Å². The monoisotopic (exact) mass is 198 g/mol. The summed E-state index contributed by atoms with van der Waals surface area (Å²) < 4.78 is 0. The molecule has 0 saturated carbocycles. The number of carbonyl (C=O) groups is 1. The molecule has 1 aliphatic rings. The van der Waals surface area contributed by atoms with Crippen LogP contribution in [-0.2, 0) is 4.79 Å². The summed E-state index contributed by atoms with van der Waals surface area (Å²) in [6.07, 6.45) is 1.80. The summed E-state index contributed by atoms with van der Waals surface area (Å²) in [5, 5.41) is 0. The van der Waals surface area contributed by atoms with Crippen molar-refractivity contribution < 1.29 is 4.79 Å². The van der Waals surface area contributed by atoms with Crippen molar-refractivity contribution in [2.75, 3.05) is 26.3 Å². The van der Waals surface area contributed by atoms with Crippen LogP contribution in [0.15, 0.2) is 0 Å². The van der Waals surface area contributed by atoms with Gasteiger partial charge in [-0.05, 0) is 25.4 Å². The molecule has 82 valence electrons. The highest BCUT2D eigenvalue weighted by molar-refractivity contribution is 5.76. The number of amides is 1. The number of nitrogens with zero attached hydrogens (tertiary/aromatic N) is 2. The van der Waals surface area contributed by atoms with Gasteiger partial charge in [0.1, 0.15) is 0 Å². The van der Waals surface area contributed by atoms with Gasteiger partial charge in [-0.2, -0.15) is 0 Å². The topological polar surface area (TPSA) is 23.6 Å². The highest BCUT2D eigenvalue weighted by atomic mass is 16.2. The second-order valence-electron chi connectivity index (χ2n) is 4.20. The molecule has 1 aliphatic heterocycles. The van der Waals surface area contributed by atoms with Crippen LogP contribution in [0.4, 0.5) is 0 Å². The summed E-state index contributed by atoms with van der Waals surface area (Å²) in [7, 11) is 0. The van der Waals surface area contributed by atoms with Crippen LogP contribution in [-0.4, -0.2) is 42.0 Å². The third kappa shape index (κ3) is 2.98. The Morgan fingerprint density at radius 1 is 1.43 bits per heavy atom. The molecule has 0 aromatic rings. The van der Waals surface area contributed by atoms with Crippen molar-refractivity contribution in [1.29, 1.82) is 0 Å². The summed E-state index contributed by atoms with van der Waals surface area (Å²) in [5.41, 5.74) is 0. The molecule has 0 unspecified atom stereocenters. The van der Waals surface area contributed by atoms with Crippen LogP contribution in [0.1, 0.15) is 33.6 Å². The molecule has 1 rings (SSSR count). The van der Waals surface area contributed by atoms with Gasteiger partial charge in [-0.25, -0.2) is 0 Å². The highest BCUT2D eigenvalue weighted by Crippen LogP contribution is 2.16. The Morgan fingerprint density at radius 3 is 2.64 bits per heavy atom. The van der Waals surface area contributed by atoms with Crippen LogP contribution < -0.4 is 0 Å². The van der Waals surface area contributed by atoms with E-state index in [1.54, 1.807) is 0 Å². The quantitative estimate of drug-likeness (QED) is 0.684. The number of likely N-dealkylation sites (tertiary alicyclic amines) is 1. The van der Waals surface area contributed by atoms with Crippen LogP contribution in [0, 0.1) is 5.92 Å². The number of carbonyl (C=O) groups excluding carboxylic acids is 1. The first-order chi connectivity index (χ1) is 6.67. The average molecular weight is 198 g/mol. The van der Waals surface area contributed by atoms with Gasteiger partial charge in [0, 0.05) is 13.0 Å². The fourth-order valence-corrected chi connectivity index (χ4v) is 1.90. The van der Waals surface area contributed by atoms with Gasteiger partial charge in [0.05, 0.1) is 6.67 Å². The van der Waals surface area contributed by atoms with Gasteiger partial charge >= 0.3 is 0 Å². The molecular weight excluding hydrogens is 176 g/mol. The van der Waals surface area contributed by atoms with Gasteiger partial charge in [0.2, 0.25) is 5.91 Å². The van der Waals surface area contributed by atoms with E-state index in [1.165, 1.54) is 0 Å². The summed E-state index contributed by atoms with van der Waals surface area (Å²) in [5.74, 6) is 0.998. The smallest absolute Gasteiger partial charge is 0.223 e. The first kappa shape index (κ1) is 11.5. The van der Waals surface area contributed by atoms with Crippen molar-refractivity contribution in [1.82, 2.24) is 9.80 Å². The lowest BCUT2D eigenvalue weighted by molar-refractivity contribution is -0.137. The third-order valence-corrected chi connectivity index (χ3v) is 3.00. The van der Waals surface area contributed by atoms with Crippen molar-refractivity contribution in [2.24, 2.45) is 5.92 Å². The number of piperidine rings is 1. The molecule has 0 N–H and O–H groups in total. The lowest BCUT2D eigenvalue weighted by atomic mass is 10.0. The average Bonchev–Trinajstić information content (AvgIpc) is 2.19. The molecule has 1 fully saturated rings. The van der Waals surface area contributed by atoms with Gasteiger partial charge in [-0.1, -0.05) is 20.8 Å². The maximum Gasteiger partial charge on any atom is 0.223 e. The molecular formula is C11H22N2O. The van der Waals surface area contributed by atoms with Crippen molar-refractivity contribution >= 4 is 5.91 Å². The first-order valence-corrected chi connectivity index (χ1v) is 5.67. The van der Waals surface area contributed by atoms with Crippen molar-refractivity contribution in [3.8, 4) is 0 Å². The first-order valence-electron chi connectivity index (χ1n) is 5.67. The van der Waals surface area contributed by atoms with Crippen LogP contribution >= 0.6 is 0 Å². The Bertz CT molecular complexity index is 190. The Balaban J connectivity index is 2.44. The van der Waals surface area contributed by atoms with Crippen LogP contribution in [0.25, 0.3) is 0 Å². The summed E-state index contributed by atoms with van der Waals surface area (Å²) >= 11 is 0. The molecule has 0 spiro atoms. The van der Waals surface area contributed by atoms with Gasteiger partial charge in [-0.3, -0.25) is 9.69 Å². The van der Waals surface area contributed by atoms with Gasteiger partial charge in [-0.15, -0.1) is 0 Å². The lowest BCUT2D eigenvalue weighted by Crippen LogP contribution is -2.45. The fraction of sp³-hybridized carbons (Fsp3) is 0.909. The Morgan fingerprint density at radius 2 is 2.07 bits per heavy atom. The molecule has 0 bridgehead atoms. The van der Waals surface area contributed by atoms with Crippen LogP contribution in [0.5, 0.6) is 0 Å². The molecule has 3 heteroatoms. The Hall–Kier alpha value is -0.570. The second-order valence-corrected chi connectivity index (χ2v) is 4.20. The standard InChI is InChI=1S/C11H22N2O/c1-4-12(5-2)9-13-8-10(3)6-7-11(13)14/h10H,4-9H2,1-3H3/t10-/m1/s1. The van der Waals surface area contributed by atoms with Gasteiger partial charge in [0.25, 0.3) is 0 Å². The molecule has 0 aromatic heterocycles. The van der Waals surface area contributed by atoms with Crippen LogP contribution in [0.2, 0.25) is 0 Å². The maximum atomic E-state index is 11.6. The van der Waals surface area contributed by atoms with E-state index in [-0.39, 0.29) is 0 Å². The van der Waals surface area contributed by atoms with E-state index >= 15 is 0 Å². The zero-order valence-electron chi connectivity index (χ0n) is 9.62. The van der Waals surface area contributed by atoms with E-state index in [1.807, 2.05) is 4.90 Å². The van der Waals surface area contributed by atoms with Gasteiger partial charge < -0.3 is 4.90 Å². The molecule has 1 saturated heterocycles. The van der Waals surface area contributed by atoms with E-state index in [4.69, 9.17) is 0 Å². The SMILES string of the molecule is CCN(CC)CN1C[C@H](C)CCC1=O. The van der Waals surface area contributed by atoms with Crippen molar-refractivity contribution in [2.45, 2.75) is 33.6 Å². The minimum absolute atomic E-state index is 0.329. The Labute approximate surface area is 87.1 Å². The predicted molar refractivity (Wildman–Crippen MR) is 57.9 cm³/mol. The highest BCUT2D eigenvalue weighted by Gasteiger charge is 2.23. The number of hydrogen-bond acceptors (Lipinski definition) is 2. The Kier molecular flexibility index (Phi) is 4.39. The number of rotatable bonds is 4. The predicted octanol–water partition coefficient (Wildman–Crippen LogP) is 1.54. The normalized spacial score (nSPS) is 23.3. The zero-order chi connectivity index (χ0) is 10.6. The molecule has 0 aromatic carbocycles. The molecule has 0 aliphatic carbocycles. The molecule has 14 heavy (non-hydrogen) atoms. The molecule has 0 radical (unpaired) electrons. The number of hydrogen-bond donors (Lipinski definition) is 0. The third-order valence-electron chi connectivity index (χ3n) is 3.00. The van der Waals surface area contributed by atoms with Crippen molar-refractivity contribution in [3.63, 3.8) is 0 Å². The maximum absolute atomic E-state index is 11.6. The van der Waals surface area contributed by atoms with Crippen molar-refractivity contribution in [3.05, 3.63) is 0 Å². The minimum atomic E-state index is 0.329. The summed E-state index contributed by atoms with van der Waals surface area (Å²) in [4.78, 5) is 15.9. The van der Waals surface area contributed by atoms with Gasteiger partial charge in [0.15, 0.2) is 0 Å². The summed E-state index contributed by atoms with van der Waals surface area (Å²) in [6.45, 7) is 10.3. The van der Waals surface area contributed by atoms with E-state index in [0.29, 0.717) is 11.8 Å². The molecule has 1 atom stereocenters. The van der Waals surface area contributed by atoms with E-state index in [0.717, 1.165) is 39.1 Å². The van der Waals surface area contributed by atoms with Crippen LogP contribution in [0.3, 0.4) is 0 Å². The molecule has 3 nitrogen and oxygen atoms in total.